The smallest absolute Gasteiger partial charge is 0.269 e. The SMILES string of the molecule is CC(C)N1C(=O)c2ccc(C(=O)N(C)Cc3ccccc3Cl)cc2S1(=O)=O. The highest BCUT2D eigenvalue weighted by Crippen LogP contribution is 2.33. The highest BCUT2D eigenvalue weighted by Gasteiger charge is 2.43. The largest absolute Gasteiger partial charge is 0.337 e. The fourth-order valence-electron chi connectivity index (χ4n) is 3.07. The van der Waals surface area contributed by atoms with Crippen molar-refractivity contribution in [3.05, 3.63) is 64.2 Å². The number of carbonyl (C=O) groups is 2. The Bertz CT molecular complexity index is 1030. The van der Waals surface area contributed by atoms with Crippen molar-refractivity contribution in [2.24, 2.45) is 0 Å². The van der Waals surface area contributed by atoms with Crippen LogP contribution in [0.3, 0.4) is 0 Å². The molecular formula is C19H19ClN2O4S. The van der Waals surface area contributed by atoms with Crippen molar-refractivity contribution in [2.45, 2.75) is 31.3 Å². The van der Waals surface area contributed by atoms with E-state index < -0.39 is 22.0 Å². The number of nitrogens with zero attached hydrogens (tertiary/aromatic N) is 2. The monoisotopic (exact) mass is 406 g/mol. The van der Waals surface area contributed by atoms with Gasteiger partial charge in [-0.05, 0) is 43.7 Å². The van der Waals surface area contributed by atoms with Gasteiger partial charge in [-0.15, -0.1) is 0 Å². The lowest BCUT2D eigenvalue weighted by Gasteiger charge is -2.19. The average molecular weight is 407 g/mol. The number of amides is 2. The zero-order chi connectivity index (χ0) is 19.9. The van der Waals surface area contributed by atoms with Crippen LogP contribution in [-0.2, 0) is 16.6 Å². The van der Waals surface area contributed by atoms with Crippen LogP contribution in [0.2, 0.25) is 5.02 Å². The third kappa shape index (κ3) is 3.33. The van der Waals surface area contributed by atoms with E-state index in [2.05, 4.69) is 0 Å². The summed E-state index contributed by atoms with van der Waals surface area (Å²) in [6.45, 7) is 3.54. The second-order valence-electron chi connectivity index (χ2n) is 6.66. The molecule has 142 valence electrons. The Balaban J connectivity index is 1.92. The molecular weight excluding hydrogens is 388 g/mol. The topological polar surface area (TPSA) is 74.8 Å². The molecule has 2 amide bonds. The van der Waals surface area contributed by atoms with E-state index in [0.29, 0.717) is 5.02 Å². The Kier molecular flexibility index (Phi) is 5.01. The van der Waals surface area contributed by atoms with Crippen LogP contribution in [0.5, 0.6) is 0 Å². The van der Waals surface area contributed by atoms with Crippen LogP contribution in [-0.4, -0.2) is 42.5 Å². The molecule has 0 fully saturated rings. The second kappa shape index (κ2) is 6.98. The molecule has 2 aromatic carbocycles. The van der Waals surface area contributed by atoms with Gasteiger partial charge in [0.15, 0.2) is 0 Å². The maximum Gasteiger partial charge on any atom is 0.269 e. The van der Waals surface area contributed by atoms with E-state index in [1.165, 1.54) is 23.1 Å². The predicted octanol–water partition coefficient (Wildman–Crippen LogP) is 3.17. The van der Waals surface area contributed by atoms with Crippen LogP contribution in [0.4, 0.5) is 0 Å². The van der Waals surface area contributed by atoms with Crippen LogP contribution in [0.1, 0.15) is 40.1 Å². The molecule has 3 rings (SSSR count). The van der Waals surface area contributed by atoms with Gasteiger partial charge in [0.25, 0.3) is 21.8 Å². The molecule has 0 saturated carbocycles. The van der Waals surface area contributed by atoms with Gasteiger partial charge in [-0.3, -0.25) is 9.59 Å². The number of hydrogen-bond donors (Lipinski definition) is 0. The van der Waals surface area contributed by atoms with Gasteiger partial charge in [-0.25, -0.2) is 12.7 Å². The van der Waals surface area contributed by atoms with Crippen molar-refractivity contribution in [3.63, 3.8) is 0 Å². The molecule has 1 aliphatic rings. The molecule has 0 aliphatic carbocycles. The Morgan fingerprint density at radius 1 is 1.19 bits per heavy atom. The van der Waals surface area contributed by atoms with Gasteiger partial charge in [0, 0.05) is 30.2 Å². The molecule has 0 aromatic heterocycles. The highest BCUT2D eigenvalue weighted by molar-refractivity contribution is 7.90. The van der Waals surface area contributed by atoms with E-state index in [1.807, 2.05) is 12.1 Å². The van der Waals surface area contributed by atoms with Crippen molar-refractivity contribution in [1.29, 1.82) is 0 Å². The van der Waals surface area contributed by atoms with E-state index in [0.717, 1.165) is 9.87 Å². The minimum atomic E-state index is -3.95. The number of benzene rings is 2. The number of hydrogen-bond acceptors (Lipinski definition) is 4. The molecule has 1 heterocycles. The van der Waals surface area contributed by atoms with Gasteiger partial charge >= 0.3 is 0 Å². The summed E-state index contributed by atoms with van der Waals surface area (Å²) in [6.07, 6.45) is 0. The van der Waals surface area contributed by atoms with Crippen LogP contribution in [0.25, 0.3) is 0 Å². The van der Waals surface area contributed by atoms with Crippen molar-refractivity contribution in [2.75, 3.05) is 7.05 Å². The van der Waals surface area contributed by atoms with Gasteiger partial charge in [0.2, 0.25) is 0 Å². The maximum atomic E-state index is 12.8. The number of sulfonamides is 1. The molecule has 8 heteroatoms. The zero-order valence-electron chi connectivity index (χ0n) is 15.1. The first-order valence-electron chi connectivity index (χ1n) is 8.36. The molecule has 0 saturated heterocycles. The third-order valence-electron chi connectivity index (χ3n) is 4.38. The summed E-state index contributed by atoms with van der Waals surface area (Å²) in [5.74, 6) is -0.924. The first-order valence-corrected chi connectivity index (χ1v) is 10.2. The minimum Gasteiger partial charge on any atom is -0.337 e. The van der Waals surface area contributed by atoms with Crippen LogP contribution < -0.4 is 0 Å². The fraction of sp³-hybridized carbons (Fsp3) is 0.263. The van der Waals surface area contributed by atoms with E-state index in [1.54, 1.807) is 33.0 Å². The average Bonchev–Trinajstić information content (AvgIpc) is 2.81. The summed E-state index contributed by atoms with van der Waals surface area (Å²) in [7, 11) is -2.34. The standard InChI is InChI=1S/C19H19ClN2O4S/c1-12(2)22-19(24)15-9-8-13(10-17(15)27(22,25)26)18(23)21(3)11-14-6-4-5-7-16(14)20/h4-10,12H,11H2,1-3H3. The summed E-state index contributed by atoms with van der Waals surface area (Å²) < 4.78 is 26.2. The van der Waals surface area contributed by atoms with Crippen molar-refractivity contribution < 1.29 is 18.0 Å². The Morgan fingerprint density at radius 3 is 2.48 bits per heavy atom. The summed E-state index contributed by atoms with van der Waals surface area (Å²) in [4.78, 5) is 26.5. The maximum absolute atomic E-state index is 12.8. The molecule has 6 nitrogen and oxygen atoms in total. The van der Waals surface area contributed by atoms with Gasteiger partial charge in [0.05, 0.1) is 5.56 Å². The number of rotatable bonds is 4. The summed E-state index contributed by atoms with van der Waals surface area (Å²) in [5.41, 5.74) is 1.07. The molecule has 2 aromatic rings. The normalized spacial score (nSPS) is 15.1. The summed E-state index contributed by atoms with van der Waals surface area (Å²) in [6, 6.07) is 10.8. The minimum absolute atomic E-state index is 0.0917. The quantitative estimate of drug-likeness (QED) is 0.781. The number of fused-ring (bicyclic) bond motifs is 1. The lowest BCUT2D eigenvalue weighted by molar-refractivity contribution is 0.0783. The first-order chi connectivity index (χ1) is 12.6. The van der Waals surface area contributed by atoms with Crippen LogP contribution >= 0.6 is 11.6 Å². The molecule has 0 radical (unpaired) electrons. The molecule has 0 bridgehead atoms. The fourth-order valence-corrected chi connectivity index (χ4v) is 5.05. The molecule has 27 heavy (non-hydrogen) atoms. The van der Waals surface area contributed by atoms with Gasteiger partial charge in [-0.2, -0.15) is 0 Å². The number of halogens is 1. The van der Waals surface area contributed by atoms with Gasteiger partial charge in [0.1, 0.15) is 4.90 Å². The van der Waals surface area contributed by atoms with Crippen molar-refractivity contribution >= 4 is 33.4 Å². The second-order valence-corrected chi connectivity index (χ2v) is 8.85. The predicted molar refractivity (Wildman–Crippen MR) is 102 cm³/mol. The van der Waals surface area contributed by atoms with Gasteiger partial charge in [-0.1, -0.05) is 29.8 Å². The highest BCUT2D eigenvalue weighted by atomic mass is 35.5. The molecule has 0 atom stereocenters. The van der Waals surface area contributed by atoms with E-state index in [9.17, 15) is 18.0 Å². The Hall–Kier alpha value is -2.38. The molecule has 0 N–H and O–H groups in total. The Morgan fingerprint density at radius 2 is 1.85 bits per heavy atom. The molecule has 1 aliphatic heterocycles. The lowest BCUT2D eigenvalue weighted by atomic mass is 10.1. The van der Waals surface area contributed by atoms with Crippen molar-refractivity contribution in [3.8, 4) is 0 Å². The van der Waals surface area contributed by atoms with E-state index in [-0.39, 0.29) is 28.5 Å². The van der Waals surface area contributed by atoms with Crippen molar-refractivity contribution in [1.82, 2.24) is 9.21 Å². The molecule has 0 spiro atoms. The Labute approximate surface area is 163 Å². The summed E-state index contributed by atoms with van der Waals surface area (Å²) in [5, 5.41) is 0.548. The van der Waals surface area contributed by atoms with E-state index in [4.69, 9.17) is 11.6 Å². The van der Waals surface area contributed by atoms with Crippen LogP contribution in [0.15, 0.2) is 47.4 Å². The lowest BCUT2D eigenvalue weighted by Crippen LogP contribution is -2.36. The summed E-state index contributed by atoms with van der Waals surface area (Å²) >= 11 is 6.13. The number of carbonyl (C=O) groups excluding carboxylic acids is 2. The molecule has 0 unspecified atom stereocenters. The van der Waals surface area contributed by atoms with Gasteiger partial charge < -0.3 is 4.90 Å². The van der Waals surface area contributed by atoms with E-state index >= 15 is 0 Å². The first kappa shape index (κ1) is 19.4. The third-order valence-corrected chi connectivity index (χ3v) is 6.74. The van der Waals surface area contributed by atoms with Crippen LogP contribution in [0, 0.1) is 0 Å². The zero-order valence-corrected chi connectivity index (χ0v) is 16.7.